The summed E-state index contributed by atoms with van der Waals surface area (Å²) in [5.41, 5.74) is 6.57. The molecule has 0 saturated carbocycles. The average Bonchev–Trinajstić information content (AvgIpc) is 2.59. The molecule has 1 aromatic carbocycles. The van der Waals surface area contributed by atoms with Gasteiger partial charge in [0.25, 0.3) is 5.91 Å². The van der Waals surface area contributed by atoms with E-state index in [4.69, 9.17) is 17.3 Å². The van der Waals surface area contributed by atoms with E-state index in [0.717, 1.165) is 0 Å². The number of carbonyl (C=O) groups excluding carboxylic acids is 1. The van der Waals surface area contributed by atoms with Gasteiger partial charge in [-0.15, -0.1) is 0 Å². The second-order valence-corrected chi connectivity index (χ2v) is 6.02. The number of aryl methyl sites for hydroxylation is 1. The number of rotatable bonds is 2. The molecule has 0 atom stereocenters. The van der Waals surface area contributed by atoms with Gasteiger partial charge in [-0.25, -0.2) is 14.4 Å². The maximum absolute atomic E-state index is 13.7. The van der Waals surface area contributed by atoms with E-state index in [-0.39, 0.29) is 17.5 Å². The standard InChI is InChI=1S/C16H17ClFN5O/c1-10-2-3-11(8-12(10)18)16(24)23-6-4-22(5-7-23)15-13(17)14(19)20-9-21-15/h2-3,8-9H,4-7H2,1H3,(H2,19,20,21). The summed E-state index contributed by atoms with van der Waals surface area (Å²) in [5.74, 6) is 0.248. The first kappa shape index (κ1) is 16.4. The summed E-state index contributed by atoms with van der Waals surface area (Å²) < 4.78 is 13.7. The number of carbonyl (C=O) groups is 1. The third-order valence-electron chi connectivity index (χ3n) is 4.08. The monoisotopic (exact) mass is 349 g/mol. The van der Waals surface area contributed by atoms with E-state index in [1.165, 1.54) is 12.4 Å². The van der Waals surface area contributed by atoms with E-state index in [1.807, 2.05) is 4.90 Å². The van der Waals surface area contributed by atoms with E-state index in [0.29, 0.717) is 48.1 Å². The number of amides is 1. The maximum atomic E-state index is 13.7. The molecular formula is C16H17ClFN5O. The molecule has 1 amide bonds. The molecule has 6 nitrogen and oxygen atoms in total. The van der Waals surface area contributed by atoms with Crippen LogP contribution < -0.4 is 10.6 Å². The van der Waals surface area contributed by atoms with E-state index >= 15 is 0 Å². The van der Waals surface area contributed by atoms with Gasteiger partial charge in [-0.2, -0.15) is 0 Å². The molecule has 2 N–H and O–H groups in total. The molecule has 0 spiro atoms. The number of nitrogens with zero attached hydrogens (tertiary/aromatic N) is 4. The predicted octanol–water partition coefficient (Wildman–Crippen LogP) is 2.12. The van der Waals surface area contributed by atoms with Crippen LogP contribution in [-0.4, -0.2) is 47.0 Å². The lowest BCUT2D eigenvalue weighted by atomic mass is 10.1. The van der Waals surface area contributed by atoms with Crippen molar-refractivity contribution in [1.29, 1.82) is 0 Å². The van der Waals surface area contributed by atoms with Gasteiger partial charge in [0, 0.05) is 31.7 Å². The van der Waals surface area contributed by atoms with E-state index in [9.17, 15) is 9.18 Å². The molecule has 0 aliphatic carbocycles. The van der Waals surface area contributed by atoms with Crippen LogP contribution in [0.4, 0.5) is 16.0 Å². The summed E-state index contributed by atoms with van der Waals surface area (Å²) in [6, 6.07) is 4.55. The van der Waals surface area contributed by atoms with Gasteiger partial charge in [0.1, 0.15) is 23.0 Å². The van der Waals surface area contributed by atoms with Gasteiger partial charge in [0.15, 0.2) is 5.82 Å². The number of nitrogens with two attached hydrogens (primary N) is 1. The molecule has 8 heteroatoms. The molecule has 2 aromatic rings. The summed E-state index contributed by atoms with van der Waals surface area (Å²) in [6.07, 6.45) is 1.36. The van der Waals surface area contributed by atoms with Gasteiger partial charge in [-0.3, -0.25) is 4.79 Å². The third kappa shape index (κ3) is 3.12. The normalized spacial score (nSPS) is 14.8. The van der Waals surface area contributed by atoms with Crippen molar-refractivity contribution in [1.82, 2.24) is 14.9 Å². The Kier molecular flexibility index (Phi) is 4.53. The fourth-order valence-corrected chi connectivity index (χ4v) is 2.84. The smallest absolute Gasteiger partial charge is 0.254 e. The molecule has 24 heavy (non-hydrogen) atoms. The molecular weight excluding hydrogens is 333 g/mol. The molecule has 1 aliphatic heterocycles. The number of aromatic nitrogens is 2. The van der Waals surface area contributed by atoms with Crippen LogP contribution in [-0.2, 0) is 0 Å². The third-order valence-corrected chi connectivity index (χ3v) is 4.45. The first-order valence-electron chi connectivity index (χ1n) is 7.53. The van der Waals surface area contributed by atoms with Crippen molar-refractivity contribution in [3.8, 4) is 0 Å². The number of halogens is 2. The van der Waals surface area contributed by atoms with Crippen LogP contribution in [0.5, 0.6) is 0 Å². The zero-order valence-electron chi connectivity index (χ0n) is 13.2. The SMILES string of the molecule is Cc1ccc(C(=O)N2CCN(c3ncnc(N)c3Cl)CC2)cc1F. The van der Waals surface area contributed by atoms with Crippen LogP contribution in [0.25, 0.3) is 0 Å². The van der Waals surface area contributed by atoms with Crippen molar-refractivity contribution in [2.24, 2.45) is 0 Å². The van der Waals surface area contributed by atoms with Gasteiger partial charge < -0.3 is 15.5 Å². The minimum atomic E-state index is -0.372. The summed E-state index contributed by atoms with van der Waals surface area (Å²) in [4.78, 5) is 24.2. The van der Waals surface area contributed by atoms with Gasteiger partial charge in [-0.1, -0.05) is 17.7 Å². The topological polar surface area (TPSA) is 75.4 Å². The summed E-state index contributed by atoms with van der Waals surface area (Å²) in [6.45, 7) is 3.79. The van der Waals surface area contributed by atoms with Crippen molar-refractivity contribution >= 4 is 29.1 Å². The minimum absolute atomic E-state index is 0.179. The highest BCUT2D eigenvalue weighted by atomic mass is 35.5. The van der Waals surface area contributed by atoms with Gasteiger partial charge in [-0.05, 0) is 24.6 Å². The highest BCUT2D eigenvalue weighted by molar-refractivity contribution is 6.35. The van der Waals surface area contributed by atoms with E-state index < -0.39 is 0 Å². The fraction of sp³-hybridized carbons (Fsp3) is 0.312. The molecule has 1 saturated heterocycles. The second kappa shape index (κ2) is 6.60. The average molecular weight is 350 g/mol. The largest absolute Gasteiger partial charge is 0.382 e. The minimum Gasteiger partial charge on any atom is -0.382 e. The number of benzene rings is 1. The van der Waals surface area contributed by atoms with Crippen molar-refractivity contribution in [2.75, 3.05) is 36.8 Å². The summed E-state index contributed by atoms with van der Waals surface area (Å²) in [5, 5.41) is 0.317. The Hall–Kier alpha value is -2.41. The number of anilines is 2. The Morgan fingerprint density at radius 2 is 1.96 bits per heavy atom. The van der Waals surface area contributed by atoms with E-state index in [2.05, 4.69) is 9.97 Å². The highest BCUT2D eigenvalue weighted by Crippen LogP contribution is 2.27. The highest BCUT2D eigenvalue weighted by Gasteiger charge is 2.25. The van der Waals surface area contributed by atoms with Gasteiger partial charge >= 0.3 is 0 Å². The number of hydrogen-bond donors (Lipinski definition) is 1. The molecule has 1 fully saturated rings. The van der Waals surface area contributed by atoms with Crippen molar-refractivity contribution in [3.05, 3.63) is 46.5 Å². The molecule has 126 valence electrons. The molecule has 0 bridgehead atoms. The number of hydrogen-bond acceptors (Lipinski definition) is 5. The lowest BCUT2D eigenvalue weighted by Crippen LogP contribution is -2.49. The number of nitrogen functional groups attached to an aromatic ring is 1. The predicted molar refractivity (Wildman–Crippen MR) is 90.7 cm³/mol. The van der Waals surface area contributed by atoms with Crippen LogP contribution in [0.15, 0.2) is 24.5 Å². The second-order valence-electron chi connectivity index (χ2n) is 5.64. The number of piperazine rings is 1. The maximum Gasteiger partial charge on any atom is 0.254 e. The first-order chi connectivity index (χ1) is 11.5. The lowest BCUT2D eigenvalue weighted by Gasteiger charge is -2.35. The van der Waals surface area contributed by atoms with E-state index in [1.54, 1.807) is 24.0 Å². The van der Waals surface area contributed by atoms with Gasteiger partial charge in [0.2, 0.25) is 0 Å². The Labute approximate surface area is 144 Å². The zero-order valence-corrected chi connectivity index (χ0v) is 13.9. The Balaban J connectivity index is 1.69. The fourth-order valence-electron chi connectivity index (χ4n) is 2.62. The molecule has 1 aromatic heterocycles. The van der Waals surface area contributed by atoms with Crippen LogP contribution >= 0.6 is 11.6 Å². The molecule has 0 radical (unpaired) electrons. The first-order valence-corrected chi connectivity index (χ1v) is 7.91. The van der Waals surface area contributed by atoms with Crippen molar-refractivity contribution < 1.29 is 9.18 Å². The summed E-state index contributed by atoms with van der Waals surface area (Å²) >= 11 is 6.14. The summed E-state index contributed by atoms with van der Waals surface area (Å²) in [7, 11) is 0. The molecule has 2 heterocycles. The van der Waals surface area contributed by atoms with Gasteiger partial charge in [0.05, 0.1) is 0 Å². The molecule has 3 rings (SSSR count). The van der Waals surface area contributed by atoms with Crippen LogP contribution in [0.3, 0.4) is 0 Å². The van der Waals surface area contributed by atoms with Crippen LogP contribution in [0, 0.1) is 12.7 Å². The molecule has 1 aliphatic rings. The Morgan fingerprint density at radius 3 is 2.62 bits per heavy atom. The quantitative estimate of drug-likeness (QED) is 0.898. The van der Waals surface area contributed by atoms with Crippen molar-refractivity contribution in [3.63, 3.8) is 0 Å². The van der Waals surface area contributed by atoms with Crippen LogP contribution in [0.1, 0.15) is 15.9 Å². The zero-order chi connectivity index (χ0) is 17.3. The molecule has 0 unspecified atom stereocenters. The Morgan fingerprint density at radius 1 is 1.25 bits per heavy atom. The van der Waals surface area contributed by atoms with Crippen LogP contribution in [0.2, 0.25) is 5.02 Å². The Bertz CT molecular complexity index is 777. The van der Waals surface area contributed by atoms with Crippen molar-refractivity contribution in [2.45, 2.75) is 6.92 Å². The lowest BCUT2D eigenvalue weighted by molar-refractivity contribution is 0.0746.